The van der Waals surface area contributed by atoms with E-state index in [1.807, 2.05) is 0 Å². The predicted molar refractivity (Wildman–Crippen MR) is 103 cm³/mol. The fourth-order valence-electron chi connectivity index (χ4n) is 3.64. The molecule has 3 heterocycles. The molecular formula is C19H30N6O. The van der Waals surface area contributed by atoms with Crippen molar-refractivity contribution in [1.29, 1.82) is 0 Å². The second-order valence-electron chi connectivity index (χ2n) is 7.82. The van der Waals surface area contributed by atoms with E-state index in [-0.39, 0.29) is 17.9 Å². The lowest BCUT2D eigenvalue weighted by molar-refractivity contribution is -0.125. The van der Waals surface area contributed by atoms with E-state index in [2.05, 4.69) is 50.9 Å². The number of anilines is 1. The summed E-state index contributed by atoms with van der Waals surface area (Å²) in [5, 5.41) is 3.21. The molecule has 7 nitrogen and oxygen atoms in total. The van der Waals surface area contributed by atoms with Crippen LogP contribution in [0.1, 0.15) is 52.9 Å². The number of nitrogens with one attached hydrogen (secondary N) is 2. The summed E-state index contributed by atoms with van der Waals surface area (Å²) in [5.41, 5.74) is 1.51. The molecule has 3 rings (SSSR count). The van der Waals surface area contributed by atoms with Gasteiger partial charge in [0.1, 0.15) is 11.8 Å². The zero-order valence-electron chi connectivity index (χ0n) is 16.0. The topological polar surface area (TPSA) is 86.8 Å². The van der Waals surface area contributed by atoms with Crippen LogP contribution in [0.15, 0.2) is 12.7 Å². The minimum atomic E-state index is 0.00392. The Bertz CT molecular complexity index is 728. The Labute approximate surface area is 155 Å². The number of carbonyl (C=O) groups is 1. The third-order valence-electron chi connectivity index (χ3n) is 5.10. The van der Waals surface area contributed by atoms with Gasteiger partial charge in [0.15, 0.2) is 11.5 Å². The van der Waals surface area contributed by atoms with Crippen molar-refractivity contribution in [3.05, 3.63) is 12.7 Å². The van der Waals surface area contributed by atoms with Crippen LogP contribution in [-0.2, 0) is 4.79 Å². The highest BCUT2D eigenvalue weighted by Crippen LogP contribution is 2.26. The van der Waals surface area contributed by atoms with Gasteiger partial charge in [0.05, 0.1) is 12.2 Å². The maximum absolute atomic E-state index is 12.7. The van der Waals surface area contributed by atoms with Gasteiger partial charge in [0.25, 0.3) is 0 Å². The van der Waals surface area contributed by atoms with Crippen LogP contribution in [0.4, 0.5) is 5.82 Å². The smallest absolute Gasteiger partial charge is 0.225 e. The largest absolute Gasteiger partial charge is 0.354 e. The van der Waals surface area contributed by atoms with Crippen LogP contribution >= 0.6 is 0 Å². The second-order valence-corrected chi connectivity index (χ2v) is 7.82. The van der Waals surface area contributed by atoms with Gasteiger partial charge in [-0.3, -0.25) is 4.79 Å². The van der Waals surface area contributed by atoms with E-state index in [1.165, 1.54) is 6.42 Å². The summed E-state index contributed by atoms with van der Waals surface area (Å²) in [4.78, 5) is 30.8. The molecule has 2 aromatic rings. The summed E-state index contributed by atoms with van der Waals surface area (Å²) < 4.78 is 0. The zero-order valence-corrected chi connectivity index (χ0v) is 16.0. The zero-order chi connectivity index (χ0) is 18.5. The van der Waals surface area contributed by atoms with Crippen molar-refractivity contribution >= 4 is 22.9 Å². The average Bonchev–Trinajstić information content (AvgIpc) is 3.10. The van der Waals surface area contributed by atoms with E-state index >= 15 is 0 Å². The molecule has 0 aliphatic carbocycles. The molecular weight excluding hydrogens is 328 g/mol. The number of rotatable bonds is 7. The quantitative estimate of drug-likeness (QED) is 0.795. The number of carbonyl (C=O) groups excluding carboxylic acids is 1. The minimum Gasteiger partial charge on any atom is -0.354 e. The van der Waals surface area contributed by atoms with Gasteiger partial charge in [-0.25, -0.2) is 15.0 Å². The average molecular weight is 358 g/mol. The van der Waals surface area contributed by atoms with Crippen LogP contribution in [0.2, 0.25) is 0 Å². The first-order valence-corrected chi connectivity index (χ1v) is 9.74. The normalized spacial score (nSPS) is 19.1. The van der Waals surface area contributed by atoms with Crippen LogP contribution in [0, 0.1) is 11.8 Å². The number of nitrogens with zero attached hydrogens (tertiary/aromatic N) is 4. The monoisotopic (exact) mass is 358 g/mol. The molecule has 1 fully saturated rings. The predicted octanol–water partition coefficient (Wildman–Crippen LogP) is 2.90. The summed E-state index contributed by atoms with van der Waals surface area (Å²) in [6.07, 6.45) is 8.51. The summed E-state index contributed by atoms with van der Waals surface area (Å²) in [5.74, 6) is 1.73. The van der Waals surface area contributed by atoms with Gasteiger partial charge in [-0.1, -0.05) is 26.7 Å². The van der Waals surface area contributed by atoms with Crippen molar-refractivity contribution < 1.29 is 4.79 Å². The molecule has 0 aromatic carbocycles. The lowest BCUT2D eigenvalue weighted by Crippen LogP contribution is -2.45. The van der Waals surface area contributed by atoms with Crippen molar-refractivity contribution in [1.82, 2.24) is 25.3 Å². The number of aromatic amines is 1. The van der Waals surface area contributed by atoms with Gasteiger partial charge in [0.2, 0.25) is 5.91 Å². The summed E-state index contributed by atoms with van der Waals surface area (Å²) in [6.45, 7) is 8.18. The van der Waals surface area contributed by atoms with Crippen molar-refractivity contribution in [3.63, 3.8) is 0 Å². The van der Waals surface area contributed by atoms with E-state index in [0.29, 0.717) is 12.2 Å². The molecule has 7 heteroatoms. The first-order valence-electron chi connectivity index (χ1n) is 9.74. The third kappa shape index (κ3) is 4.51. The van der Waals surface area contributed by atoms with Crippen molar-refractivity contribution in [2.24, 2.45) is 11.8 Å². The SMILES string of the molecule is CC(C)CCC[C@H](C)NC(=O)[C@@H]1CCCN(c2ncnc3nc[nH]c23)C1. The molecule has 26 heavy (non-hydrogen) atoms. The van der Waals surface area contributed by atoms with E-state index in [9.17, 15) is 4.79 Å². The van der Waals surface area contributed by atoms with Crippen LogP contribution < -0.4 is 10.2 Å². The lowest BCUT2D eigenvalue weighted by atomic mass is 9.96. The number of aromatic nitrogens is 4. The Morgan fingerprint density at radius 3 is 2.96 bits per heavy atom. The molecule has 142 valence electrons. The fourth-order valence-corrected chi connectivity index (χ4v) is 3.64. The van der Waals surface area contributed by atoms with Gasteiger partial charge >= 0.3 is 0 Å². The Morgan fingerprint density at radius 2 is 2.15 bits per heavy atom. The Hall–Kier alpha value is -2.18. The van der Waals surface area contributed by atoms with Gasteiger partial charge in [-0.15, -0.1) is 0 Å². The standard InChI is InChI=1S/C19H30N6O/c1-13(2)6-4-7-14(3)24-19(26)15-8-5-9-25(10-15)18-16-17(21-11-20-16)22-12-23-18/h11-15H,4-10H2,1-3H3,(H,24,26)(H,20,21,22,23)/t14-,15+/m0/s1. The first kappa shape index (κ1) is 18.6. The second kappa shape index (κ2) is 8.47. The molecule has 1 amide bonds. The van der Waals surface area contributed by atoms with Gasteiger partial charge in [0, 0.05) is 19.1 Å². The van der Waals surface area contributed by atoms with Crippen LogP contribution in [0.3, 0.4) is 0 Å². The maximum atomic E-state index is 12.7. The molecule has 2 N–H and O–H groups in total. The molecule has 0 bridgehead atoms. The van der Waals surface area contributed by atoms with E-state index in [1.54, 1.807) is 12.7 Å². The Kier molecular flexibility index (Phi) is 6.06. The molecule has 2 aromatic heterocycles. The molecule has 0 radical (unpaired) electrons. The van der Waals surface area contributed by atoms with Gasteiger partial charge in [-0.2, -0.15) is 0 Å². The Balaban J connectivity index is 1.58. The van der Waals surface area contributed by atoms with Crippen molar-refractivity contribution in [3.8, 4) is 0 Å². The molecule has 0 unspecified atom stereocenters. The van der Waals surface area contributed by atoms with Crippen molar-refractivity contribution in [2.45, 2.75) is 58.9 Å². The number of H-pyrrole nitrogens is 1. The first-order chi connectivity index (χ1) is 12.5. The number of piperidine rings is 1. The maximum Gasteiger partial charge on any atom is 0.225 e. The molecule has 1 aliphatic rings. The summed E-state index contributed by atoms with van der Waals surface area (Å²) in [7, 11) is 0. The number of hydrogen-bond donors (Lipinski definition) is 2. The highest BCUT2D eigenvalue weighted by Gasteiger charge is 2.28. The molecule has 0 saturated carbocycles. The highest BCUT2D eigenvalue weighted by molar-refractivity contribution is 5.84. The van der Waals surface area contributed by atoms with Crippen LogP contribution in [-0.4, -0.2) is 45.0 Å². The minimum absolute atomic E-state index is 0.00392. The highest BCUT2D eigenvalue weighted by atomic mass is 16.2. The van der Waals surface area contributed by atoms with E-state index in [4.69, 9.17) is 0 Å². The Morgan fingerprint density at radius 1 is 1.31 bits per heavy atom. The lowest BCUT2D eigenvalue weighted by Gasteiger charge is -2.33. The van der Waals surface area contributed by atoms with Crippen LogP contribution in [0.5, 0.6) is 0 Å². The summed E-state index contributed by atoms with van der Waals surface area (Å²) >= 11 is 0. The molecule has 1 aliphatic heterocycles. The molecule has 1 saturated heterocycles. The number of amides is 1. The van der Waals surface area contributed by atoms with Crippen LogP contribution in [0.25, 0.3) is 11.2 Å². The fraction of sp³-hybridized carbons (Fsp3) is 0.684. The molecule has 0 spiro atoms. The van der Waals surface area contributed by atoms with E-state index in [0.717, 1.165) is 49.5 Å². The third-order valence-corrected chi connectivity index (χ3v) is 5.10. The van der Waals surface area contributed by atoms with Gasteiger partial charge < -0.3 is 15.2 Å². The van der Waals surface area contributed by atoms with Crippen molar-refractivity contribution in [2.75, 3.05) is 18.0 Å². The number of imidazole rings is 1. The van der Waals surface area contributed by atoms with Gasteiger partial charge in [-0.05, 0) is 32.1 Å². The summed E-state index contributed by atoms with van der Waals surface area (Å²) in [6, 6.07) is 0.231. The van der Waals surface area contributed by atoms with E-state index < -0.39 is 0 Å². The molecule has 2 atom stereocenters. The number of hydrogen-bond acceptors (Lipinski definition) is 5. The number of fused-ring (bicyclic) bond motifs is 1.